The minimum atomic E-state index is -0.649. The van der Waals surface area contributed by atoms with E-state index in [0.717, 1.165) is 32.1 Å². The van der Waals surface area contributed by atoms with Gasteiger partial charge >= 0.3 is 0 Å². The quantitative estimate of drug-likeness (QED) is 0.736. The Morgan fingerprint density at radius 2 is 1.90 bits per heavy atom. The summed E-state index contributed by atoms with van der Waals surface area (Å²) in [6, 6.07) is 7.51. The van der Waals surface area contributed by atoms with Crippen molar-refractivity contribution in [2.24, 2.45) is 0 Å². The molecule has 0 radical (unpaired) electrons. The minimum absolute atomic E-state index is 0.0754. The van der Waals surface area contributed by atoms with Crippen molar-refractivity contribution in [2.45, 2.75) is 51.0 Å². The van der Waals surface area contributed by atoms with Gasteiger partial charge in [-0.05, 0) is 31.4 Å². The maximum absolute atomic E-state index is 12.9. The number of hydrogen-bond donors (Lipinski definition) is 0. The zero-order valence-corrected chi connectivity index (χ0v) is 12.5. The van der Waals surface area contributed by atoms with Crippen LogP contribution in [0.3, 0.4) is 0 Å². The van der Waals surface area contributed by atoms with Crippen LogP contribution in [-0.4, -0.2) is 25.1 Å². The molecule has 1 aliphatic rings. The van der Waals surface area contributed by atoms with Crippen LogP contribution in [0.4, 0.5) is 0 Å². The van der Waals surface area contributed by atoms with E-state index < -0.39 is 5.60 Å². The first-order valence-electron chi connectivity index (χ1n) is 7.55. The van der Waals surface area contributed by atoms with Gasteiger partial charge in [-0.1, -0.05) is 38.3 Å². The van der Waals surface area contributed by atoms with Crippen LogP contribution in [0.1, 0.15) is 55.8 Å². The van der Waals surface area contributed by atoms with Gasteiger partial charge in [0.15, 0.2) is 5.78 Å². The van der Waals surface area contributed by atoms with E-state index in [1.165, 1.54) is 6.42 Å². The molecule has 1 aromatic carbocycles. The molecule has 20 heavy (non-hydrogen) atoms. The van der Waals surface area contributed by atoms with Gasteiger partial charge in [-0.3, -0.25) is 4.79 Å². The molecule has 0 aromatic heterocycles. The van der Waals surface area contributed by atoms with Crippen molar-refractivity contribution in [3.63, 3.8) is 0 Å². The number of Topliss-reactive ketones (excluding diaryl/α,β-unsaturated/α-hetero) is 1. The van der Waals surface area contributed by atoms with Crippen molar-refractivity contribution in [2.75, 3.05) is 13.7 Å². The summed E-state index contributed by atoms with van der Waals surface area (Å²) in [6.07, 6.45) is 5.84. The minimum Gasteiger partial charge on any atom is -0.493 e. The lowest BCUT2D eigenvalue weighted by Gasteiger charge is -2.34. The standard InChI is InChI=1S/C17H24O3/c1-3-13-20-15-10-6-5-9-14(15)16(18)17(19-2)11-7-4-8-12-17/h5-6,9-10H,3-4,7-8,11-13H2,1-2H3. The maximum Gasteiger partial charge on any atom is 0.198 e. The lowest BCUT2D eigenvalue weighted by Crippen LogP contribution is -2.42. The molecule has 0 bridgehead atoms. The smallest absolute Gasteiger partial charge is 0.198 e. The SMILES string of the molecule is CCCOc1ccccc1C(=O)C1(OC)CCCCC1. The van der Waals surface area contributed by atoms with Crippen LogP contribution in [-0.2, 0) is 4.74 Å². The number of ether oxygens (including phenoxy) is 2. The number of carbonyl (C=O) groups excluding carboxylic acids is 1. The van der Waals surface area contributed by atoms with Crippen molar-refractivity contribution < 1.29 is 14.3 Å². The van der Waals surface area contributed by atoms with E-state index in [2.05, 4.69) is 6.92 Å². The predicted octanol–water partition coefficient (Wildman–Crippen LogP) is 4.01. The molecule has 0 amide bonds. The summed E-state index contributed by atoms with van der Waals surface area (Å²) in [5, 5.41) is 0. The normalized spacial score (nSPS) is 17.7. The Balaban J connectivity index is 2.27. The fraction of sp³-hybridized carbons (Fsp3) is 0.588. The lowest BCUT2D eigenvalue weighted by molar-refractivity contribution is -0.0196. The molecule has 1 aliphatic carbocycles. The molecule has 0 heterocycles. The van der Waals surface area contributed by atoms with Crippen LogP contribution in [0.2, 0.25) is 0 Å². The zero-order valence-electron chi connectivity index (χ0n) is 12.5. The lowest BCUT2D eigenvalue weighted by atomic mass is 9.79. The first-order valence-corrected chi connectivity index (χ1v) is 7.55. The summed E-state index contributed by atoms with van der Waals surface area (Å²) < 4.78 is 11.4. The highest BCUT2D eigenvalue weighted by Crippen LogP contribution is 2.36. The van der Waals surface area contributed by atoms with Gasteiger partial charge in [0.05, 0.1) is 12.2 Å². The van der Waals surface area contributed by atoms with E-state index in [-0.39, 0.29) is 5.78 Å². The molecule has 1 saturated carbocycles. The summed E-state index contributed by atoms with van der Waals surface area (Å²) in [7, 11) is 1.65. The van der Waals surface area contributed by atoms with Gasteiger partial charge in [0.25, 0.3) is 0 Å². The first kappa shape index (κ1) is 15.0. The van der Waals surface area contributed by atoms with E-state index >= 15 is 0 Å². The second-order valence-corrected chi connectivity index (χ2v) is 5.43. The summed E-state index contributed by atoms with van der Waals surface area (Å²) in [5.74, 6) is 0.757. The largest absolute Gasteiger partial charge is 0.493 e. The molecule has 0 N–H and O–H groups in total. The molecule has 0 aliphatic heterocycles. The van der Waals surface area contributed by atoms with Crippen molar-refractivity contribution in [3.05, 3.63) is 29.8 Å². The number of carbonyl (C=O) groups is 1. The van der Waals surface area contributed by atoms with Crippen LogP contribution < -0.4 is 4.74 Å². The summed E-state index contributed by atoms with van der Waals surface area (Å²) >= 11 is 0. The second-order valence-electron chi connectivity index (χ2n) is 5.43. The van der Waals surface area contributed by atoms with Crippen molar-refractivity contribution in [1.82, 2.24) is 0 Å². The van der Waals surface area contributed by atoms with Gasteiger partial charge in [0.1, 0.15) is 11.4 Å². The van der Waals surface area contributed by atoms with Gasteiger partial charge in [-0.15, -0.1) is 0 Å². The Kier molecular flexibility index (Phi) is 5.18. The first-order chi connectivity index (χ1) is 9.73. The summed E-state index contributed by atoms with van der Waals surface area (Å²) in [6.45, 7) is 2.69. The topological polar surface area (TPSA) is 35.5 Å². The molecule has 0 spiro atoms. The van der Waals surface area contributed by atoms with Crippen LogP contribution in [0, 0.1) is 0 Å². The third-order valence-electron chi connectivity index (χ3n) is 4.06. The monoisotopic (exact) mass is 276 g/mol. The average Bonchev–Trinajstić information content (AvgIpc) is 2.53. The fourth-order valence-electron chi connectivity index (χ4n) is 2.88. The predicted molar refractivity (Wildman–Crippen MR) is 79.4 cm³/mol. The molecule has 1 aromatic rings. The highest BCUT2D eigenvalue weighted by Gasteiger charge is 2.40. The number of rotatable bonds is 6. The number of benzene rings is 1. The highest BCUT2D eigenvalue weighted by molar-refractivity contribution is 6.04. The van der Waals surface area contributed by atoms with Crippen LogP contribution in [0.15, 0.2) is 24.3 Å². The Morgan fingerprint density at radius 1 is 1.20 bits per heavy atom. The number of ketones is 1. The third kappa shape index (κ3) is 3.04. The van der Waals surface area contributed by atoms with Gasteiger partial charge < -0.3 is 9.47 Å². The third-order valence-corrected chi connectivity index (χ3v) is 4.06. The Morgan fingerprint density at radius 3 is 2.55 bits per heavy atom. The number of methoxy groups -OCH3 is 1. The molecule has 3 heteroatoms. The molecular weight excluding hydrogens is 252 g/mol. The fourth-order valence-corrected chi connectivity index (χ4v) is 2.88. The average molecular weight is 276 g/mol. The molecule has 0 unspecified atom stereocenters. The summed E-state index contributed by atoms with van der Waals surface area (Å²) in [4.78, 5) is 12.9. The Hall–Kier alpha value is -1.35. The van der Waals surface area contributed by atoms with Gasteiger partial charge in [-0.2, -0.15) is 0 Å². The number of hydrogen-bond acceptors (Lipinski definition) is 3. The van der Waals surface area contributed by atoms with Gasteiger partial charge in [-0.25, -0.2) is 0 Å². The van der Waals surface area contributed by atoms with Crippen LogP contribution in [0.5, 0.6) is 5.75 Å². The maximum atomic E-state index is 12.9. The molecule has 2 rings (SSSR count). The van der Waals surface area contributed by atoms with E-state index in [9.17, 15) is 4.79 Å². The van der Waals surface area contributed by atoms with Crippen LogP contribution in [0.25, 0.3) is 0 Å². The van der Waals surface area contributed by atoms with E-state index in [0.29, 0.717) is 17.9 Å². The Labute approximate surface area is 121 Å². The second kappa shape index (κ2) is 6.89. The number of para-hydroxylation sites is 1. The molecule has 110 valence electrons. The Bertz CT molecular complexity index is 447. The van der Waals surface area contributed by atoms with E-state index in [4.69, 9.17) is 9.47 Å². The van der Waals surface area contributed by atoms with Crippen molar-refractivity contribution >= 4 is 5.78 Å². The van der Waals surface area contributed by atoms with Gasteiger partial charge in [0, 0.05) is 7.11 Å². The molecule has 0 atom stereocenters. The van der Waals surface area contributed by atoms with E-state index in [1.54, 1.807) is 7.11 Å². The molecular formula is C17H24O3. The van der Waals surface area contributed by atoms with E-state index in [1.807, 2.05) is 24.3 Å². The molecule has 1 fully saturated rings. The highest BCUT2D eigenvalue weighted by atomic mass is 16.5. The zero-order chi connectivity index (χ0) is 14.4. The molecule has 3 nitrogen and oxygen atoms in total. The van der Waals surface area contributed by atoms with Crippen molar-refractivity contribution in [3.8, 4) is 5.75 Å². The molecule has 0 saturated heterocycles. The van der Waals surface area contributed by atoms with Crippen molar-refractivity contribution in [1.29, 1.82) is 0 Å². The van der Waals surface area contributed by atoms with Crippen LogP contribution >= 0.6 is 0 Å². The van der Waals surface area contributed by atoms with Gasteiger partial charge in [0.2, 0.25) is 0 Å². The summed E-state index contributed by atoms with van der Waals surface area (Å²) in [5.41, 5.74) is 0.00825.